The largest absolute Gasteiger partial charge is 0.478 e. The van der Waals surface area contributed by atoms with Crippen LogP contribution in [0.25, 0.3) is 0 Å². The Morgan fingerprint density at radius 2 is 1.82 bits per heavy atom. The molecule has 0 spiro atoms. The maximum atomic E-state index is 9.60. The number of rotatable bonds is 1. The molecule has 2 nitrogen and oxygen atoms in total. The number of aliphatic carboxylic acids is 1. The van der Waals surface area contributed by atoms with Crippen LogP contribution in [0.15, 0.2) is 12.2 Å². The van der Waals surface area contributed by atoms with Crippen LogP contribution in [0.4, 0.5) is 0 Å². The molecule has 0 aliphatic heterocycles. The van der Waals surface area contributed by atoms with Gasteiger partial charge in [-0.1, -0.05) is 34.3 Å². The Kier molecular flexibility index (Phi) is 3.75. The highest BCUT2D eigenvalue weighted by Gasteiger charge is 2.59. The van der Waals surface area contributed by atoms with E-state index in [2.05, 4.69) is 34.3 Å². The molecule has 1 N–H and O–H groups in total. The van der Waals surface area contributed by atoms with E-state index in [1.54, 1.807) is 0 Å². The lowest BCUT2D eigenvalue weighted by molar-refractivity contribution is -0.132. The van der Waals surface area contributed by atoms with Gasteiger partial charge in [-0.15, -0.1) is 0 Å². The summed E-state index contributed by atoms with van der Waals surface area (Å²) in [7, 11) is 0. The van der Waals surface area contributed by atoms with Gasteiger partial charge in [-0.05, 0) is 48.9 Å². The summed E-state index contributed by atoms with van der Waals surface area (Å²) >= 11 is 0. The fourth-order valence-electron chi connectivity index (χ4n) is 3.60. The van der Waals surface area contributed by atoms with Crippen LogP contribution in [0.1, 0.15) is 53.9 Å². The lowest BCUT2D eigenvalue weighted by Crippen LogP contribution is -2.30. The number of carboxylic acid groups (broad SMARTS) is 1. The van der Waals surface area contributed by atoms with Crippen molar-refractivity contribution < 1.29 is 9.90 Å². The monoisotopic (exact) mass is 238 g/mol. The summed E-state index contributed by atoms with van der Waals surface area (Å²) in [5.41, 5.74) is 1.47. The van der Waals surface area contributed by atoms with Gasteiger partial charge >= 0.3 is 5.97 Å². The lowest BCUT2D eigenvalue weighted by atomic mass is 9.67. The minimum Gasteiger partial charge on any atom is -0.478 e. The van der Waals surface area contributed by atoms with E-state index in [4.69, 9.17) is 5.11 Å². The highest BCUT2D eigenvalue weighted by Crippen LogP contribution is 2.67. The van der Waals surface area contributed by atoms with E-state index in [1.165, 1.54) is 26.2 Å². The molecule has 0 heterocycles. The van der Waals surface area contributed by atoms with Crippen molar-refractivity contribution in [2.45, 2.75) is 53.9 Å². The second kappa shape index (κ2) is 4.47. The maximum absolute atomic E-state index is 9.60. The predicted molar refractivity (Wildman–Crippen MR) is 70.8 cm³/mol. The summed E-state index contributed by atoms with van der Waals surface area (Å²) < 4.78 is 0. The molecule has 2 fully saturated rings. The summed E-state index contributed by atoms with van der Waals surface area (Å²) in [5, 5.41) is 7.89. The molecule has 0 saturated heterocycles. The van der Waals surface area contributed by atoms with Crippen LogP contribution in [-0.2, 0) is 4.79 Å². The van der Waals surface area contributed by atoms with Crippen molar-refractivity contribution >= 4 is 5.97 Å². The Morgan fingerprint density at radius 3 is 1.94 bits per heavy atom. The zero-order chi connectivity index (χ0) is 13.4. The van der Waals surface area contributed by atoms with Crippen LogP contribution in [-0.4, -0.2) is 11.1 Å². The number of carboxylic acids is 1. The fourth-order valence-corrected chi connectivity index (χ4v) is 3.60. The van der Waals surface area contributed by atoms with Crippen molar-refractivity contribution in [2.75, 3.05) is 0 Å². The van der Waals surface area contributed by atoms with Gasteiger partial charge in [-0.25, -0.2) is 4.79 Å². The Morgan fingerprint density at radius 1 is 1.35 bits per heavy atom. The first-order valence-corrected chi connectivity index (χ1v) is 6.51. The van der Waals surface area contributed by atoms with Crippen LogP contribution < -0.4 is 0 Å². The zero-order valence-electron chi connectivity index (χ0n) is 11.8. The summed E-state index contributed by atoms with van der Waals surface area (Å²) in [6.07, 6.45) is 4.46. The quantitative estimate of drug-likeness (QED) is 0.698. The first-order chi connectivity index (χ1) is 7.63. The minimum atomic E-state index is -0.935. The second-order valence-electron chi connectivity index (χ2n) is 6.60. The molecule has 17 heavy (non-hydrogen) atoms. The van der Waals surface area contributed by atoms with Gasteiger partial charge in [-0.2, -0.15) is 0 Å². The van der Waals surface area contributed by atoms with Crippen LogP contribution in [0, 0.1) is 22.7 Å². The lowest BCUT2D eigenvalue weighted by Gasteiger charge is -2.37. The first-order valence-electron chi connectivity index (χ1n) is 6.51. The zero-order valence-corrected chi connectivity index (χ0v) is 11.8. The average Bonchev–Trinajstić information content (AvgIpc) is 2.51. The third-order valence-electron chi connectivity index (χ3n) is 5.60. The SMILES string of the molecule is C=C(C)C(=O)O.CC1CC2CCC1(C)C2(C)C. The van der Waals surface area contributed by atoms with Crippen molar-refractivity contribution in [3.8, 4) is 0 Å². The summed E-state index contributed by atoms with van der Waals surface area (Å²) in [6, 6.07) is 0. The molecule has 98 valence electrons. The highest BCUT2D eigenvalue weighted by atomic mass is 16.4. The Bertz CT molecular complexity index is 318. The van der Waals surface area contributed by atoms with Gasteiger partial charge < -0.3 is 5.11 Å². The molecule has 2 aliphatic carbocycles. The molecule has 2 aliphatic rings. The fraction of sp³-hybridized carbons (Fsp3) is 0.800. The van der Waals surface area contributed by atoms with Crippen LogP contribution in [0.5, 0.6) is 0 Å². The molecule has 2 rings (SSSR count). The number of carbonyl (C=O) groups is 1. The molecule has 0 amide bonds. The molecule has 2 saturated carbocycles. The Labute approximate surface area is 105 Å². The van der Waals surface area contributed by atoms with E-state index >= 15 is 0 Å². The van der Waals surface area contributed by atoms with Crippen molar-refractivity contribution in [3.05, 3.63) is 12.2 Å². The van der Waals surface area contributed by atoms with E-state index in [1.807, 2.05) is 0 Å². The Hall–Kier alpha value is -0.790. The van der Waals surface area contributed by atoms with Gasteiger partial charge in [0.15, 0.2) is 0 Å². The van der Waals surface area contributed by atoms with E-state index in [0.717, 1.165) is 11.8 Å². The molecule has 2 heteroatoms. The molecule has 0 aromatic carbocycles. The highest BCUT2D eigenvalue weighted by molar-refractivity contribution is 5.84. The smallest absolute Gasteiger partial charge is 0.330 e. The summed E-state index contributed by atoms with van der Waals surface area (Å²) in [6.45, 7) is 14.5. The maximum Gasteiger partial charge on any atom is 0.330 e. The van der Waals surface area contributed by atoms with Gasteiger partial charge in [0.2, 0.25) is 0 Å². The predicted octanol–water partition coefficient (Wildman–Crippen LogP) is 4.12. The van der Waals surface area contributed by atoms with Crippen LogP contribution in [0.2, 0.25) is 0 Å². The Balaban J connectivity index is 0.000000209. The minimum absolute atomic E-state index is 0.176. The second-order valence-corrected chi connectivity index (χ2v) is 6.60. The van der Waals surface area contributed by atoms with E-state index in [-0.39, 0.29) is 5.57 Å². The number of hydrogen-bond acceptors (Lipinski definition) is 1. The average molecular weight is 238 g/mol. The van der Waals surface area contributed by atoms with Crippen LogP contribution >= 0.6 is 0 Å². The molecule has 3 atom stereocenters. The number of hydrogen-bond donors (Lipinski definition) is 1. The molecule has 3 unspecified atom stereocenters. The van der Waals surface area contributed by atoms with Gasteiger partial charge in [0, 0.05) is 5.57 Å². The molecule has 0 aromatic rings. The van der Waals surface area contributed by atoms with Crippen molar-refractivity contribution in [3.63, 3.8) is 0 Å². The van der Waals surface area contributed by atoms with Gasteiger partial charge in [-0.3, -0.25) is 0 Å². The van der Waals surface area contributed by atoms with Crippen molar-refractivity contribution in [2.24, 2.45) is 22.7 Å². The molecule has 0 radical (unpaired) electrons. The van der Waals surface area contributed by atoms with Crippen LogP contribution in [0.3, 0.4) is 0 Å². The number of fused-ring (bicyclic) bond motifs is 2. The van der Waals surface area contributed by atoms with Gasteiger partial charge in [0.25, 0.3) is 0 Å². The third kappa shape index (κ3) is 2.27. The molecule has 2 bridgehead atoms. The van der Waals surface area contributed by atoms with Crippen molar-refractivity contribution in [1.29, 1.82) is 0 Å². The molecular formula is C15H26O2. The van der Waals surface area contributed by atoms with E-state index in [9.17, 15) is 4.79 Å². The van der Waals surface area contributed by atoms with Gasteiger partial charge in [0.1, 0.15) is 0 Å². The third-order valence-corrected chi connectivity index (χ3v) is 5.60. The van der Waals surface area contributed by atoms with Crippen molar-refractivity contribution in [1.82, 2.24) is 0 Å². The van der Waals surface area contributed by atoms with E-state index in [0.29, 0.717) is 10.8 Å². The topological polar surface area (TPSA) is 37.3 Å². The first kappa shape index (κ1) is 14.3. The standard InChI is InChI=1S/C11H20.C4H6O2/c1-8-7-9-5-6-11(8,4)10(9,2)3;1-3(2)4(5)6/h8-9H,5-7H2,1-4H3;1H2,2H3,(H,5,6). The molecule has 0 aromatic heterocycles. The van der Waals surface area contributed by atoms with Gasteiger partial charge in [0.05, 0.1) is 0 Å². The molecular weight excluding hydrogens is 212 g/mol. The summed E-state index contributed by atoms with van der Waals surface area (Å²) in [4.78, 5) is 9.60. The van der Waals surface area contributed by atoms with E-state index < -0.39 is 5.97 Å². The normalized spacial score (nSPS) is 37.2. The summed E-state index contributed by atoms with van der Waals surface area (Å²) in [5.74, 6) is 1.06.